The van der Waals surface area contributed by atoms with Crippen molar-refractivity contribution >= 4 is 30.1 Å². The number of carbonyl (C=O) groups excluding carboxylic acids is 1. The third-order valence-electron chi connectivity index (χ3n) is 3.94. The highest BCUT2D eigenvalue weighted by Gasteiger charge is 2.24. The van der Waals surface area contributed by atoms with Crippen molar-refractivity contribution in [2.45, 2.75) is 50.6 Å². The van der Waals surface area contributed by atoms with Crippen LogP contribution in [0.3, 0.4) is 0 Å². The van der Waals surface area contributed by atoms with Crippen molar-refractivity contribution in [1.29, 1.82) is 0 Å². The molecule has 5 heteroatoms. The molecule has 106 valence electrons. The summed E-state index contributed by atoms with van der Waals surface area (Å²) in [6, 6.07) is 0.903. The minimum atomic E-state index is 0. The predicted molar refractivity (Wildman–Crippen MR) is 80.6 cm³/mol. The van der Waals surface area contributed by atoms with Crippen molar-refractivity contribution < 1.29 is 4.79 Å². The van der Waals surface area contributed by atoms with E-state index in [0.29, 0.717) is 24.4 Å². The lowest BCUT2D eigenvalue weighted by Gasteiger charge is -2.33. The number of hydrogen-bond donors (Lipinski definition) is 1. The molecule has 2 aliphatic rings. The average Bonchev–Trinajstić information content (AvgIpc) is 2.40. The molecule has 1 saturated carbocycles. The first-order valence-electron chi connectivity index (χ1n) is 6.84. The molecule has 1 N–H and O–H groups in total. The maximum absolute atomic E-state index is 12.2. The lowest BCUT2D eigenvalue weighted by atomic mass is 9.94. The second-order valence-electron chi connectivity index (χ2n) is 5.23. The van der Waals surface area contributed by atoms with E-state index >= 15 is 0 Å². The van der Waals surface area contributed by atoms with Crippen molar-refractivity contribution in [3.8, 4) is 0 Å². The molecule has 2 rings (SSSR count). The Morgan fingerprint density at radius 2 is 2.06 bits per heavy atom. The van der Waals surface area contributed by atoms with Crippen LogP contribution in [0.1, 0.15) is 38.5 Å². The van der Waals surface area contributed by atoms with Gasteiger partial charge in [0.15, 0.2) is 0 Å². The van der Waals surface area contributed by atoms with Crippen LogP contribution in [0.2, 0.25) is 0 Å². The number of amides is 1. The first-order valence-corrected chi connectivity index (χ1v) is 7.99. The van der Waals surface area contributed by atoms with Gasteiger partial charge in [0.05, 0.1) is 0 Å². The van der Waals surface area contributed by atoms with E-state index < -0.39 is 0 Å². The van der Waals surface area contributed by atoms with Gasteiger partial charge in [-0.15, -0.1) is 12.4 Å². The van der Waals surface area contributed by atoms with Crippen LogP contribution in [0.15, 0.2) is 0 Å². The van der Waals surface area contributed by atoms with Crippen LogP contribution in [-0.2, 0) is 4.79 Å². The number of nitrogens with zero attached hydrogens (tertiary/aromatic N) is 1. The molecule has 1 aliphatic heterocycles. The van der Waals surface area contributed by atoms with E-state index in [-0.39, 0.29) is 12.4 Å². The molecule has 1 heterocycles. The molecule has 1 aliphatic carbocycles. The Labute approximate surface area is 121 Å². The molecule has 1 saturated heterocycles. The Kier molecular flexibility index (Phi) is 7.42. The first-order chi connectivity index (χ1) is 8.27. The minimum absolute atomic E-state index is 0. The van der Waals surface area contributed by atoms with Crippen LogP contribution in [0.4, 0.5) is 0 Å². The van der Waals surface area contributed by atoms with Crippen LogP contribution in [0.5, 0.6) is 0 Å². The van der Waals surface area contributed by atoms with Crippen LogP contribution >= 0.6 is 24.2 Å². The smallest absolute Gasteiger partial charge is 0.224 e. The molecule has 0 bridgehead atoms. The van der Waals surface area contributed by atoms with Crippen LogP contribution in [0.25, 0.3) is 0 Å². The molecule has 0 aromatic rings. The van der Waals surface area contributed by atoms with Gasteiger partial charge in [0.1, 0.15) is 0 Å². The first kappa shape index (κ1) is 16.1. The second kappa shape index (κ2) is 8.28. The Morgan fingerprint density at radius 1 is 1.33 bits per heavy atom. The van der Waals surface area contributed by atoms with Gasteiger partial charge in [-0.1, -0.05) is 19.3 Å². The van der Waals surface area contributed by atoms with E-state index in [1.807, 2.05) is 23.7 Å². The van der Waals surface area contributed by atoms with Gasteiger partial charge in [0.25, 0.3) is 0 Å². The fourth-order valence-electron chi connectivity index (χ4n) is 2.78. The van der Waals surface area contributed by atoms with E-state index in [1.54, 1.807) is 0 Å². The van der Waals surface area contributed by atoms with E-state index in [0.717, 1.165) is 12.3 Å². The van der Waals surface area contributed by atoms with E-state index in [9.17, 15) is 4.79 Å². The van der Waals surface area contributed by atoms with E-state index in [2.05, 4.69) is 5.32 Å². The van der Waals surface area contributed by atoms with Gasteiger partial charge in [0.2, 0.25) is 5.91 Å². The summed E-state index contributed by atoms with van der Waals surface area (Å²) in [6.45, 7) is 1.05. The SMILES string of the molecule is CN(C(=O)CC1CSCCN1)C1CCCCC1.Cl. The van der Waals surface area contributed by atoms with Gasteiger partial charge in [-0.05, 0) is 12.8 Å². The van der Waals surface area contributed by atoms with Crippen molar-refractivity contribution in [2.75, 3.05) is 25.1 Å². The molecule has 1 unspecified atom stereocenters. The zero-order valence-electron chi connectivity index (χ0n) is 11.2. The molecule has 0 spiro atoms. The number of hydrogen-bond acceptors (Lipinski definition) is 3. The topological polar surface area (TPSA) is 32.3 Å². The van der Waals surface area contributed by atoms with Gasteiger partial charge in [-0.3, -0.25) is 4.79 Å². The Morgan fingerprint density at radius 3 is 2.67 bits per heavy atom. The minimum Gasteiger partial charge on any atom is -0.343 e. The predicted octanol–water partition coefficient (Wildman–Crippen LogP) is 2.29. The van der Waals surface area contributed by atoms with Gasteiger partial charge < -0.3 is 10.2 Å². The molecule has 1 amide bonds. The fourth-order valence-corrected chi connectivity index (χ4v) is 3.73. The van der Waals surface area contributed by atoms with Crippen molar-refractivity contribution in [1.82, 2.24) is 10.2 Å². The molecular weight excluding hydrogens is 268 g/mol. The number of rotatable bonds is 3. The molecule has 3 nitrogen and oxygen atoms in total. The monoisotopic (exact) mass is 292 g/mol. The summed E-state index contributed by atoms with van der Waals surface area (Å²) in [7, 11) is 1.99. The second-order valence-corrected chi connectivity index (χ2v) is 6.38. The Bertz CT molecular complexity index is 253. The van der Waals surface area contributed by atoms with Crippen LogP contribution < -0.4 is 5.32 Å². The standard InChI is InChI=1S/C13H24N2OS.ClH/c1-15(12-5-3-2-4-6-12)13(16)9-11-10-17-8-7-14-11;/h11-12,14H,2-10H2,1H3;1H. The van der Waals surface area contributed by atoms with E-state index in [4.69, 9.17) is 0 Å². The summed E-state index contributed by atoms with van der Waals surface area (Å²) < 4.78 is 0. The maximum atomic E-state index is 12.2. The lowest BCUT2D eigenvalue weighted by Crippen LogP contribution is -2.44. The number of carbonyl (C=O) groups is 1. The van der Waals surface area contributed by atoms with Gasteiger partial charge in [-0.2, -0.15) is 11.8 Å². The van der Waals surface area contributed by atoms with Crippen molar-refractivity contribution in [3.05, 3.63) is 0 Å². The van der Waals surface area contributed by atoms with Crippen LogP contribution in [0, 0.1) is 0 Å². The van der Waals surface area contributed by atoms with Gasteiger partial charge >= 0.3 is 0 Å². The maximum Gasteiger partial charge on any atom is 0.224 e. The quantitative estimate of drug-likeness (QED) is 0.866. The number of thioether (sulfide) groups is 1. The highest BCUT2D eigenvalue weighted by molar-refractivity contribution is 7.99. The third kappa shape index (κ3) is 4.63. The summed E-state index contributed by atoms with van der Waals surface area (Å²) in [5.41, 5.74) is 0. The lowest BCUT2D eigenvalue weighted by molar-refractivity contribution is -0.133. The Balaban J connectivity index is 0.00000162. The molecule has 0 aromatic heterocycles. The Hall–Kier alpha value is 0.0700. The average molecular weight is 293 g/mol. The molecule has 0 radical (unpaired) electrons. The zero-order chi connectivity index (χ0) is 12.1. The summed E-state index contributed by atoms with van der Waals surface area (Å²) in [5.74, 6) is 2.60. The normalized spacial score (nSPS) is 25.3. The summed E-state index contributed by atoms with van der Waals surface area (Å²) in [6.07, 6.45) is 7.02. The fraction of sp³-hybridized carbons (Fsp3) is 0.923. The molecule has 0 aromatic carbocycles. The molecule has 18 heavy (non-hydrogen) atoms. The zero-order valence-corrected chi connectivity index (χ0v) is 12.8. The number of nitrogens with one attached hydrogen (secondary N) is 1. The summed E-state index contributed by atoms with van der Waals surface area (Å²) in [5, 5.41) is 3.44. The van der Waals surface area contributed by atoms with E-state index in [1.165, 1.54) is 37.9 Å². The van der Waals surface area contributed by atoms with Gasteiger partial charge in [-0.25, -0.2) is 0 Å². The number of halogens is 1. The highest BCUT2D eigenvalue weighted by Crippen LogP contribution is 2.22. The summed E-state index contributed by atoms with van der Waals surface area (Å²) in [4.78, 5) is 14.2. The van der Waals surface area contributed by atoms with Crippen LogP contribution in [-0.4, -0.2) is 48.0 Å². The molecule has 2 fully saturated rings. The summed E-state index contributed by atoms with van der Waals surface area (Å²) >= 11 is 1.96. The molecule has 1 atom stereocenters. The largest absolute Gasteiger partial charge is 0.343 e. The molecular formula is C13H25ClN2OS. The van der Waals surface area contributed by atoms with Crippen molar-refractivity contribution in [3.63, 3.8) is 0 Å². The van der Waals surface area contributed by atoms with Gasteiger partial charge in [0, 0.05) is 43.6 Å². The van der Waals surface area contributed by atoms with Crippen molar-refractivity contribution in [2.24, 2.45) is 0 Å². The third-order valence-corrected chi connectivity index (χ3v) is 5.07. The highest BCUT2D eigenvalue weighted by atomic mass is 35.5.